The van der Waals surface area contributed by atoms with Crippen LogP contribution in [0.4, 0.5) is 0 Å². The summed E-state index contributed by atoms with van der Waals surface area (Å²) in [4.78, 5) is 31.9. The zero-order valence-corrected chi connectivity index (χ0v) is 17.2. The number of Topliss-reactive ketones (excluding diaryl/α,β-unsaturated/α-hetero) is 1. The maximum Gasteiger partial charge on any atom is 0.263 e. The summed E-state index contributed by atoms with van der Waals surface area (Å²) >= 11 is 2.85. The topological polar surface area (TPSA) is 52.0 Å². The second-order valence-electron chi connectivity index (χ2n) is 6.15. The van der Waals surface area contributed by atoms with Crippen LogP contribution in [0.15, 0.2) is 52.9 Å². The Morgan fingerprint density at radius 1 is 1.26 bits per heavy atom. The predicted molar refractivity (Wildman–Crippen MR) is 114 cm³/mol. The summed E-state index contributed by atoms with van der Waals surface area (Å²) in [7, 11) is 0. The second-order valence-corrected chi connectivity index (χ2v) is 8.20. The average Bonchev–Trinajstić information content (AvgIpc) is 3.12. The Labute approximate surface area is 167 Å². The van der Waals surface area contributed by atoms with Crippen LogP contribution in [0.25, 0.3) is 10.2 Å². The van der Waals surface area contributed by atoms with Crippen LogP contribution in [0.1, 0.15) is 34.6 Å². The van der Waals surface area contributed by atoms with Gasteiger partial charge in [-0.3, -0.25) is 14.2 Å². The molecule has 0 unspecified atom stereocenters. The molecule has 3 aromatic rings. The molecule has 0 aliphatic heterocycles. The van der Waals surface area contributed by atoms with Gasteiger partial charge in [0.1, 0.15) is 4.83 Å². The Morgan fingerprint density at radius 3 is 2.63 bits per heavy atom. The first-order valence-electron chi connectivity index (χ1n) is 8.96. The molecule has 0 saturated carbocycles. The molecule has 0 amide bonds. The molecule has 6 heteroatoms. The highest BCUT2D eigenvalue weighted by molar-refractivity contribution is 7.99. The summed E-state index contributed by atoms with van der Waals surface area (Å²) in [5, 5.41) is 1.21. The first kappa shape index (κ1) is 19.6. The van der Waals surface area contributed by atoms with E-state index in [0.717, 1.165) is 22.5 Å². The van der Waals surface area contributed by atoms with Crippen molar-refractivity contribution in [1.29, 1.82) is 0 Å². The molecule has 0 spiro atoms. The number of rotatable bonds is 8. The van der Waals surface area contributed by atoms with Crippen LogP contribution in [-0.2, 0) is 19.4 Å². The van der Waals surface area contributed by atoms with Gasteiger partial charge < -0.3 is 0 Å². The number of fused-ring (bicyclic) bond motifs is 1. The summed E-state index contributed by atoms with van der Waals surface area (Å²) in [6, 6.07) is 9.61. The molecule has 0 N–H and O–H groups in total. The number of benzene rings is 1. The molecule has 0 aliphatic rings. The molecule has 0 radical (unpaired) electrons. The van der Waals surface area contributed by atoms with E-state index in [2.05, 4.69) is 25.4 Å². The SMILES string of the molecule is C=CCn1c(SCC(=O)c2ccc(CC)cc2)nc2sc(CC)cc2c1=O. The van der Waals surface area contributed by atoms with Gasteiger partial charge in [-0.1, -0.05) is 56.0 Å². The minimum atomic E-state index is -0.0712. The van der Waals surface area contributed by atoms with E-state index >= 15 is 0 Å². The average molecular weight is 399 g/mol. The number of aromatic nitrogens is 2. The Morgan fingerprint density at radius 2 is 2.00 bits per heavy atom. The van der Waals surface area contributed by atoms with E-state index in [1.54, 1.807) is 10.6 Å². The number of thiophene rings is 1. The van der Waals surface area contributed by atoms with Crippen LogP contribution in [-0.4, -0.2) is 21.1 Å². The molecule has 0 bridgehead atoms. The first-order valence-corrected chi connectivity index (χ1v) is 10.8. The van der Waals surface area contributed by atoms with Crippen LogP contribution in [0, 0.1) is 0 Å². The van der Waals surface area contributed by atoms with Crippen molar-refractivity contribution < 1.29 is 4.79 Å². The lowest BCUT2D eigenvalue weighted by Gasteiger charge is -2.09. The Balaban J connectivity index is 1.88. The minimum Gasteiger partial charge on any atom is -0.293 e. The minimum absolute atomic E-state index is 0.0302. The van der Waals surface area contributed by atoms with Gasteiger partial charge in [0.05, 0.1) is 11.1 Å². The molecule has 0 saturated heterocycles. The van der Waals surface area contributed by atoms with Crippen LogP contribution in [0.2, 0.25) is 0 Å². The standard InChI is InChI=1S/C21H22N2O2S2/c1-4-11-23-20(25)17-12-16(6-3)27-19(17)22-21(23)26-13-18(24)15-9-7-14(5-2)8-10-15/h4,7-10,12H,1,5-6,11,13H2,2-3H3. The number of ketones is 1. The third-order valence-electron chi connectivity index (χ3n) is 4.34. The number of hydrogen-bond acceptors (Lipinski definition) is 5. The van der Waals surface area contributed by atoms with Gasteiger partial charge in [0.2, 0.25) is 0 Å². The van der Waals surface area contributed by atoms with Crippen molar-refractivity contribution in [3.8, 4) is 0 Å². The van der Waals surface area contributed by atoms with Gasteiger partial charge >= 0.3 is 0 Å². The lowest BCUT2D eigenvalue weighted by molar-refractivity contribution is 0.102. The summed E-state index contributed by atoms with van der Waals surface area (Å²) in [5.74, 6) is 0.273. The van der Waals surface area contributed by atoms with Gasteiger partial charge in [-0.25, -0.2) is 4.98 Å². The third-order valence-corrected chi connectivity index (χ3v) is 6.49. The molecule has 0 fully saturated rings. The monoisotopic (exact) mass is 398 g/mol. The van der Waals surface area contributed by atoms with Gasteiger partial charge in [0, 0.05) is 17.0 Å². The molecule has 0 atom stereocenters. The van der Waals surface area contributed by atoms with Crippen molar-refractivity contribution in [2.24, 2.45) is 0 Å². The molecule has 0 aliphatic carbocycles. The van der Waals surface area contributed by atoms with E-state index < -0.39 is 0 Å². The van der Waals surface area contributed by atoms with E-state index in [4.69, 9.17) is 0 Å². The first-order chi connectivity index (χ1) is 13.1. The highest BCUT2D eigenvalue weighted by Crippen LogP contribution is 2.25. The van der Waals surface area contributed by atoms with Gasteiger partial charge in [-0.2, -0.15) is 0 Å². The molecular weight excluding hydrogens is 376 g/mol. The number of aryl methyl sites for hydroxylation is 2. The smallest absolute Gasteiger partial charge is 0.263 e. The molecular formula is C21H22N2O2S2. The van der Waals surface area contributed by atoms with Gasteiger partial charge in [0.25, 0.3) is 5.56 Å². The fourth-order valence-electron chi connectivity index (χ4n) is 2.76. The van der Waals surface area contributed by atoms with E-state index in [1.807, 2.05) is 30.3 Å². The van der Waals surface area contributed by atoms with Gasteiger partial charge in [-0.15, -0.1) is 17.9 Å². The quantitative estimate of drug-likeness (QED) is 0.238. The zero-order chi connectivity index (χ0) is 19.4. The Bertz CT molecular complexity index is 1030. The van der Waals surface area contributed by atoms with Crippen molar-refractivity contribution in [1.82, 2.24) is 9.55 Å². The number of thioether (sulfide) groups is 1. The zero-order valence-electron chi connectivity index (χ0n) is 15.5. The van der Waals surface area contributed by atoms with Crippen molar-refractivity contribution in [2.45, 2.75) is 38.4 Å². The maximum atomic E-state index is 12.8. The number of carbonyl (C=O) groups excluding carboxylic acids is 1. The van der Waals surface area contributed by atoms with Crippen molar-refractivity contribution in [2.75, 3.05) is 5.75 Å². The fourth-order valence-corrected chi connectivity index (χ4v) is 4.67. The van der Waals surface area contributed by atoms with Crippen molar-refractivity contribution in [3.63, 3.8) is 0 Å². The molecule has 2 heterocycles. The Kier molecular flexibility index (Phi) is 6.29. The summed E-state index contributed by atoms with van der Waals surface area (Å²) in [5.41, 5.74) is 1.82. The van der Waals surface area contributed by atoms with Crippen molar-refractivity contribution >= 4 is 39.1 Å². The highest BCUT2D eigenvalue weighted by Gasteiger charge is 2.15. The van der Waals surface area contributed by atoms with Crippen LogP contribution in [0.3, 0.4) is 0 Å². The molecule has 140 valence electrons. The lowest BCUT2D eigenvalue weighted by Crippen LogP contribution is -2.22. The van der Waals surface area contributed by atoms with E-state index in [0.29, 0.717) is 22.7 Å². The van der Waals surface area contributed by atoms with Crippen LogP contribution >= 0.6 is 23.1 Å². The molecule has 27 heavy (non-hydrogen) atoms. The van der Waals surface area contributed by atoms with E-state index in [9.17, 15) is 9.59 Å². The van der Waals surface area contributed by atoms with Crippen LogP contribution in [0.5, 0.6) is 0 Å². The predicted octanol–water partition coefficient (Wildman–Crippen LogP) is 4.74. The number of hydrogen-bond donors (Lipinski definition) is 0. The lowest BCUT2D eigenvalue weighted by atomic mass is 10.1. The highest BCUT2D eigenvalue weighted by atomic mass is 32.2. The summed E-state index contributed by atoms with van der Waals surface area (Å²) in [6.45, 7) is 8.26. The molecule has 3 rings (SSSR count). The normalized spacial score (nSPS) is 11.0. The summed E-state index contributed by atoms with van der Waals surface area (Å²) < 4.78 is 1.60. The summed E-state index contributed by atoms with van der Waals surface area (Å²) in [6.07, 6.45) is 3.50. The van der Waals surface area contributed by atoms with Crippen LogP contribution < -0.4 is 5.56 Å². The molecule has 4 nitrogen and oxygen atoms in total. The fraction of sp³-hybridized carbons (Fsp3) is 0.286. The maximum absolute atomic E-state index is 12.8. The second kappa shape index (κ2) is 8.67. The third kappa shape index (κ3) is 4.22. The van der Waals surface area contributed by atoms with E-state index in [1.165, 1.54) is 28.7 Å². The largest absolute Gasteiger partial charge is 0.293 e. The Hall–Kier alpha value is -2.18. The van der Waals surface area contributed by atoms with Gasteiger partial charge in [-0.05, 0) is 24.5 Å². The number of allylic oxidation sites excluding steroid dienone is 1. The van der Waals surface area contributed by atoms with E-state index in [-0.39, 0.29) is 17.1 Å². The van der Waals surface area contributed by atoms with Gasteiger partial charge in [0.15, 0.2) is 10.9 Å². The molecule has 1 aromatic carbocycles. The number of nitrogens with zero attached hydrogens (tertiary/aromatic N) is 2. The number of carbonyl (C=O) groups is 1. The molecule has 2 aromatic heterocycles. The van der Waals surface area contributed by atoms with Crippen molar-refractivity contribution in [3.05, 3.63) is 69.3 Å².